The molecule has 1 fully saturated rings. The largest absolute Gasteiger partial charge is 0.494 e. The topological polar surface area (TPSA) is 75.2 Å². The van der Waals surface area contributed by atoms with Crippen molar-refractivity contribution < 1.29 is 14.3 Å². The summed E-state index contributed by atoms with van der Waals surface area (Å²) in [7, 11) is 3.48. The summed E-state index contributed by atoms with van der Waals surface area (Å²) >= 11 is 0. The fourth-order valence-electron chi connectivity index (χ4n) is 2.78. The molecule has 0 aliphatic carbocycles. The van der Waals surface area contributed by atoms with Gasteiger partial charge < -0.3 is 25.0 Å². The van der Waals surface area contributed by atoms with E-state index in [0.29, 0.717) is 11.9 Å². The quantitative estimate of drug-likeness (QED) is 0.470. The molecule has 7 heteroatoms. The number of benzene rings is 1. The molecule has 0 saturated carbocycles. The lowest BCUT2D eigenvalue weighted by atomic mass is 10.1. The van der Waals surface area contributed by atoms with E-state index >= 15 is 0 Å². The maximum absolute atomic E-state index is 11.9. The molecular formula is C21H34N4O3. The summed E-state index contributed by atoms with van der Waals surface area (Å²) in [5.74, 6) is 2.04. The number of ether oxygens (including phenoxy) is 2. The van der Waals surface area contributed by atoms with Gasteiger partial charge in [0.25, 0.3) is 0 Å². The molecule has 2 rings (SSSR count). The summed E-state index contributed by atoms with van der Waals surface area (Å²) in [5, 5.41) is 6.68. The van der Waals surface area contributed by atoms with Gasteiger partial charge in [0.1, 0.15) is 12.3 Å². The van der Waals surface area contributed by atoms with Crippen molar-refractivity contribution in [3.8, 4) is 5.75 Å². The van der Waals surface area contributed by atoms with Gasteiger partial charge in [0.2, 0.25) is 5.91 Å². The Labute approximate surface area is 168 Å². The zero-order chi connectivity index (χ0) is 20.2. The lowest BCUT2D eigenvalue weighted by Gasteiger charge is -2.16. The van der Waals surface area contributed by atoms with Crippen molar-refractivity contribution in [1.29, 1.82) is 0 Å². The highest BCUT2D eigenvalue weighted by atomic mass is 16.5. The average Bonchev–Trinajstić information content (AvgIpc) is 3.21. The number of guanidine groups is 1. The van der Waals surface area contributed by atoms with E-state index in [9.17, 15) is 4.79 Å². The number of amides is 1. The van der Waals surface area contributed by atoms with Crippen LogP contribution in [0.4, 0.5) is 0 Å². The molecule has 1 saturated heterocycles. The number of hydrogen-bond acceptors (Lipinski definition) is 4. The molecule has 1 heterocycles. The Kier molecular flexibility index (Phi) is 9.62. The van der Waals surface area contributed by atoms with Crippen molar-refractivity contribution in [3.63, 3.8) is 0 Å². The highest BCUT2D eigenvalue weighted by molar-refractivity contribution is 5.84. The molecule has 1 aliphatic heterocycles. The summed E-state index contributed by atoms with van der Waals surface area (Å²) in [6, 6.07) is 8.17. The van der Waals surface area contributed by atoms with E-state index in [-0.39, 0.29) is 12.5 Å². The fourth-order valence-corrected chi connectivity index (χ4v) is 2.78. The Morgan fingerprint density at radius 2 is 2.21 bits per heavy atom. The summed E-state index contributed by atoms with van der Waals surface area (Å²) in [6.45, 7) is 6.07. The lowest BCUT2D eigenvalue weighted by molar-refractivity contribution is -0.127. The Morgan fingerprint density at radius 3 is 2.93 bits per heavy atom. The number of aliphatic imine (C=N–C) groups is 1. The first-order valence-electron chi connectivity index (χ1n) is 10.1. The first kappa shape index (κ1) is 22.0. The Bertz CT molecular complexity index is 628. The van der Waals surface area contributed by atoms with Gasteiger partial charge in [0.15, 0.2) is 5.96 Å². The zero-order valence-electron chi connectivity index (χ0n) is 17.4. The van der Waals surface area contributed by atoms with Crippen LogP contribution in [0.25, 0.3) is 0 Å². The van der Waals surface area contributed by atoms with Crippen LogP contribution in [0.1, 0.15) is 25.3 Å². The minimum Gasteiger partial charge on any atom is -0.494 e. The summed E-state index contributed by atoms with van der Waals surface area (Å²) in [6.07, 6.45) is 2.90. The monoisotopic (exact) mass is 390 g/mol. The fraction of sp³-hybridized carbons (Fsp3) is 0.619. The van der Waals surface area contributed by atoms with Crippen molar-refractivity contribution in [3.05, 3.63) is 29.8 Å². The molecule has 156 valence electrons. The van der Waals surface area contributed by atoms with Gasteiger partial charge in [0.05, 0.1) is 13.2 Å². The standard InChI is InChI=1S/C21H34N4O3/c1-4-11-28-19-7-5-6-17(13-19)8-10-22-21(24-15-20(26)25(2)3)23-14-18-9-12-27-16-18/h5-7,13,18H,4,8-12,14-16H2,1-3H3,(H2,22,23,24). The summed E-state index contributed by atoms with van der Waals surface area (Å²) in [5.41, 5.74) is 1.20. The number of carbonyl (C=O) groups excluding carboxylic acids is 1. The smallest absolute Gasteiger partial charge is 0.243 e. The summed E-state index contributed by atoms with van der Waals surface area (Å²) < 4.78 is 11.1. The molecule has 0 radical (unpaired) electrons. The number of carbonyl (C=O) groups is 1. The van der Waals surface area contributed by atoms with Crippen LogP contribution in [0.3, 0.4) is 0 Å². The first-order chi connectivity index (χ1) is 13.6. The predicted molar refractivity (Wildman–Crippen MR) is 112 cm³/mol. The van der Waals surface area contributed by atoms with E-state index in [0.717, 1.165) is 57.9 Å². The van der Waals surface area contributed by atoms with Crippen molar-refractivity contribution in [2.24, 2.45) is 10.9 Å². The van der Waals surface area contributed by atoms with Crippen LogP contribution in [0.15, 0.2) is 29.3 Å². The van der Waals surface area contributed by atoms with E-state index in [1.54, 1.807) is 19.0 Å². The van der Waals surface area contributed by atoms with E-state index in [2.05, 4.69) is 34.7 Å². The van der Waals surface area contributed by atoms with Crippen LogP contribution < -0.4 is 15.4 Å². The molecule has 1 atom stereocenters. The maximum Gasteiger partial charge on any atom is 0.243 e. The lowest BCUT2D eigenvalue weighted by Crippen LogP contribution is -2.41. The first-order valence-corrected chi connectivity index (χ1v) is 10.1. The van der Waals surface area contributed by atoms with Crippen LogP contribution >= 0.6 is 0 Å². The third-order valence-electron chi connectivity index (χ3n) is 4.53. The molecule has 0 bridgehead atoms. The predicted octanol–water partition coefficient (Wildman–Crippen LogP) is 1.68. The van der Waals surface area contributed by atoms with Crippen molar-refractivity contribution in [1.82, 2.24) is 15.5 Å². The number of hydrogen-bond donors (Lipinski definition) is 2. The highest BCUT2D eigenvalue weighted by Crippen LogP contribution is 2.14. The third kappa shape index (κ3) is 8.17. The van der Waals surface area contributed by atoms with Gasteiger partial charge in [-0.25, -0.2) is 4.99 Å². The molecule has 28 heavy (non-hydrogen) atoms. The highest BCUT2D eigenvalue weighted by Gasteiger charge is 2.16. The number of rotatable bonds is 10. The van der Waals surface area contributed by atoms with Gasteiger partial charge in [-0.1, -0.05) is 19.1 Å². The Balaban J connectivity index is 1.86. The van der Waals surface area contributed by atoms with E-state index in [1.165, 1.54) is 5.56 Å². The number of nitrogens with zero attached hydrogens (tertiary/aromatic N) is 2. The van der Waals surface area contributed by atoms with Gasteiger partial charge in [-0.2, -0.15) is 0 Å². The molecular weight excluding hydrogens is 356 g/mol. The van der Waals surface area contributed by atoms with E-state index in [4.69, 9.17) is 9.47 Å². The Morgan fingerprint density at radius 1 is 1.36 bits per heavy atom. The average molecular weight is 391 g/mol. The molecule has 1 unspecified atom stereocenters. The molecule has 1 aliphatic rings. The van der Waals surface area contributed by atoms with Crippen molar-refractivity contribution in [2.75, 3.05) is 53.6 Å². The van der Waals surface area contributed by atoms with Gasteiger partial charge in [-0.05, 0) is 37.0 Å². The van der Waals surface area contributed by atoms with Crippen LogP contribution in [0.5, 0.6) is 5.75 Å². The maximum atomic E-state index is 11.9. The van der Waals surface area contributed by atoms with Gasteiger partial charge in [-0.3, -0.25) is 4.79 Å². The normalized spacial score (nSPS) is 16.7. The molecule has 7 nitrogen and oxygen atoms in total. The SMILES string of the molecule is CCCOc1cccc(CCNC(=NCC(=O)N(C)C)NCC2CCOC2)c1. The second kappa shape index (κ2) is 12.2. The van der Waals surface area contributed by atoms with Gasteiger partial charge in [0, 0.05) is 39.7 Å². The molecule has 2 N–H and O–H groups in total. The molecule has 1 aromatic carbocycles. The van der Waals surface area contributed by atoms with Crippen LogP contribution in [0.2, 0.25) is 0 Å². The van der Waals surface area contributed by atoms with Crippen molar-refractivity contribution in [2.45, 2.75) is 26.2 Å². The van der Waals surface area contributed by atoms with Gasteiger partial charge >= 0.3 is 0 Å². The van der Waals surface area contributed by atoms with E-state index in [1.807, 2.05) is 12.1 Å². The molecule has 1 aromatic rings. The van der Waals surface area contributed by atoms with Crippen LogP contribution in [-0.2, 0) is 16.0 Å². The minimum absolute atomic E-state index is 0.0222. The second-order valence-electron chi connectivity index (χ2n) is 7.24. The van der Waals surface area contributed by atoms with Crippen LogP contribution in [0, 0.1) is 5.92 Å². The molecule has 0 spiro atoms. The van der Waals surface area contributed by atoms with E-state index < -0.39 is 0 Å². The minimum atomic E-state index is -0.0222. The van der Waals surface area contributed by atoms with Gasteiger partial charge in [-0.15, -0.1) is 0 Å². The Hall–Kier alpha value is -2.28. The van der Waals surface area contributed by atoms with Crippen molar-refractivity contribution >= 4 is 11.9 Å². The molecule has 1 amide bonds. The second-order valence-corrected chi connectivity index (χ2v) is 7.24. The third-order valence-corrected chi connectivity index (χ3v) is 4.53. The number of nitrogens with one attached hydrogen (secondary N) is 2. The van der Waals surface area contributed by atoms with Crippen LogP contribution in [-0.4, -0.2) is 70.3 Å². The molecule has 0 aromatic heterocycles. The summed E-state index contributed by atoms with van der Waals surface area (Å²) in [4.78, 5) is 17.8. The zero-order valence-corrected chi connectivity index (χ0v) is 17.4. The number of likely N-dealkylation sites (N-methyl/N-ethyl adjacent to an activating group) is 1.